The molecule has 1 aliphatic heterocycles. The number of halogens is 1. The third kappa shape index (κ3) is 3.60. The minimum atomic E-state index is -1.18. The highest BCUT2D eigenvalue weighted by atomic mass is 19.1. The van der Waals surface area contributed by atoms with Crippen LogP contribution in [0.15, 0.2) is 28.9 Å². The number of aromatic nitrogens is 1. The third-order valence-corrected chi connectivity index (χ3v) is 4.35. The molecule has 24 heavy (non-hydrogen) atoms. The number of nitrogens with zero attached hydrogens (tertiary/aromatic N) is 1. The van der Waals surface area contributed by atoms with Crippen LogP contribution in [0.4, 0.5) is 4.39 Å². The van der Waals surface area contributed by atoms with Crippen molar-refractivity contribution in [2.45, 2.75) is 45.4 Å². The molecule has 0 saturated carbocycles. The largest absolute Gasteiger partial charge is 0.525 e. The third-order valence-electron chi connectivity index (χ3n) is 4.35. The van der Waals surface area contributed by atoms with E-state index in [4.69, 9.17) is 9.31 Å². The molecular weight excluding hydrogens is 316 g/mol. The van der Waals surface area contributed by atoms with E-state index >= 15 is 0 Å². The van der Waals surface area contributed by atoms with Gasteiger partial charge in [-0.15, -0.1) is 0 Å². The van der Waals surface area contributed by atoms with E-state index in [2.05, 4.69) is 4.74 Å². The molecular formula is C16H21BFNO5. The Labute approximate surface area is 140 Å². The van der Waals surface area contributed by atoms with Gasteiger partial charge in [0.05, 0.1) is 18.3 Å². The first-order chi connectivity index (χ1) is 11.1. The van der Waals surface area contributed by atoms with Crippen LogP contribution in [0.5, 0.6) is 0 Å². The van der Waals surface area contributed by atoms with Gasteiger partial charge in [-0.05, 0) is 45.9 Å². The molecule has 0 aromatic carbocycles. The van der Waals surface area contributed by atoms with Crippen molar-refractivity contribution in [3.05, 3.63) is 40.0 Å². The molecule has 0 amide bonds. The van der Waals surface area contributed by atoms with Crippen molar-refractivity contribution in [1.82, 2.24) is 4.57 Å². The van der Waals surface area contributed by atoms with Gasteiger partial charge in [-0.25, -0.2) is 4.39 Å². The summed E-state index contributed by atoms with van der Waals surface area (Å²) in [6.07, 6.45) is 2.50. The molecule has 0 aliphatic carbocycles. The van der Waals surface area contributed by atoms with Crippen molar-refractivity contribution >= 4 is 19.2 Å². The summed E-state index contributed by atoms with van der Waals surface area (Å²) in [6, 6.07) is 3.01. The predicted molar refractivity (Wildman–Crippen MR) is 87.9 cm³/mol. The lowest BCUT2D eigenvalue weighted by atomic mass is 9.87. The van der Waals surface area contributed by atoms with Gasteiger partial charge in [0, 0.05) is 11.8 Å². The van der Waals surface area contributed by atoms with Crippen LogP contribution in [0.1, 0.15) is 33.3 Å². The van der Waals surface area contributed by atoms with Gasteiger partial charge >= 0.3 is 13.1 Å². The zero-order valence-electron chi connectivity index (χ0n) is 14.5. The molecule has 0 spiro atoms. The van der Waals surface area contributed by atoms with Crippen LogP contribution in [0, 0.1) is 0 Å². The number of hydrogen-bond acceptors (Lipinski definition) is 5. The van der Waals surface area contributed by atoms with Gasteiger partial charge in [-0.3, -0.25) is 9.59 Å². The van der Waals surface area contributed by atoms with Gasteiger partial charge in [0.15, 0.2) is 0 Å². The summed E-state index contributed by atoms with van der Waals surface area (Å²) in [7, 11) is 0.0540. The molecule has 1 aromatic heterocycles. The predicted octanol–water partition coefficient (Wildman–Crippen LogP) is 1.96. The van der Waals surface area contributed by atoms with Crippen LogP contribution in [0.2, 0.25) is 0 Å². The maximum Gasteiger partial charge on any atom is 0.525 e. The summed E-state index contributed by atoms with van der Waals surface area (Å²) in [6.45, 7) is 7.01. The number of methoxy groups -OCH3 is 1. The monoisotopic (exact) mass is 337 g/mol. The van der Waals surface area contributed by atoms with E-state index in [1.165, 1.54) is 19.4 Å². The molecule has 8 heteroatoms. The van der Waals surface area contributed by atoms with Gasteiger partial charge in [-0.2, -0.15) is 0 Å². The average molecular weight is 337 g/mol. The highest BCUT2D eigenvalue weighted by Gasteiger charge is 2.53. The second-order valence-corrected chi connectivity index (χ2v) is 6.59. The number of carbonyl (C=O) groups is 1. The summed E-state index contributed by atoms with van der Waals surface area (Å²) in [5, 5.41) is 0. The first-order valence-electron chi connectivity index (χ1n) is 7.56. The Bertz CT molecular complexity index is 709. The summed E-state index contributed by atoms with van der Waals surface area (Å²) in [4.78, 5) is 23.6. The second kappa shape index (κ2) is 6.53. The Morgan fingerprint density at radius 2 is 1.92 bits per heavy atom. The number of rotatable bonds is 4. The summed E-state index contributed by atoms with van der Waals surface area (Å²) in [5.41, 5.74) is -2.47. The zero-order valence-corrected chi connectivity index (χ0v) is 14.5. The van der Waals surface area contributed by atoms with E-state index in [0.717, 1.165) is 10.6 Å². The van der Waals surface area contributed by atoms with E-state index in [1.807, 2.05) is 27.7 Å². The topological polar surface area (TPSA) is 66.8 Å². The van der Waals surface area contributed by atoms with Gasteiger partial charge in [0.1, 0.15) is 12.3 Å². The Kier molecular flexibility index (Phi) is 5.01. The van der Waals surface area contributed by atoms with Gasteiger partial charge in [0.25, 0.3) is 5.56 Å². The SMILES string of the molecule is COC(=O)Cn1cccc(C=C(F)B2OC(C)(C)C(C)(C)O2)c1=O. The fourth-order valence-electron chi connectivity index (χ4n) is 2.17. The maximum atomic E-state index is 14.5. The van der Waals surface area contributed by atoms with Crippen LogP contribution in [-0.2, 0) is 25.4 Å². The number of pyridine rings is 1. The van der Waals surface area contributed by atoms with Gasteiger partial charge in [-0.1, -0.05) is 0 Å². The van der Waals surface area contributed by atoms with E-state index < -0.39 is 35.6 Å². The Hall–Kier alpha value is -1.93. The molecule has 1 saturated heterocycles. The molecule has 1 aliphatic rings. The fourth-order valence-corrected chi connectivity index (χ4v) is 2.17. The zero-order chi connectivity index (χ0) is 18.1. The summed E-state index contributed by atoms with van der Waals surface area (Å²) < 4.78 is 31.4. The lowest BCUT2D eigenvalue weighted by molar-refractivity contribution is -0.141. The van der Waals surface area contributed by atoms with Crippen LogP contribution in [-0.4, -0.2) is 36.0 Å². The Morgan fingerprint density at radius 3 is 2.46 bits per heavy atom. The second-order valence-electron chi connectivity index (χ2n) is 6.59. The minimum Gasteiger partial charge on any atom is -0.468 e. The van der Waals surface area contributed by atoms with Crippen molar-refractivity contribution in [3.8, 4) is 0 Å². The fraction of sp³-hybridized carbons (Fsp3) is 0.500. The van der Waals surface area contributed by atoms with Crippen molar-refractivity contribution in [2.75, 3.05) is 7.11 Å². The Balaban J connectivity index is 2.27. The van der Waals surface area contributed by atoms with Crippen molar-refractivity contribution in [2.24, 2.45) is 0 Å². The number of carbonyl (C=O) groups excluding carboxylic acids is 1. The normalized spacial score (nSPS) is 19.4. The molecule has 2 heterocycles. The first-order valence-corrected chi connectivity index (χ1v) is 7.56. The molecule has 0 bridgehead atoms. The first kappa shape index (κ1) is 18.4. The number of hydrogen-bond donors (Lipinski definition) is 0. The summed E-state index contributed by atoms with van der Waals surface area (Å²) in [5.74, 6) is -0.565. The van der Waals surface area contributed by atoms with E-state index in [-0.39, 0.29) is 12.1 Å². The van der Waals surface area contributed by atoms with E-state index in [9.17, 15) is 14.0 Å². The highest BCUT2D eigenvalue weighted by Crippen LogP contribution is 2.38. The lowest BCUT2D eigenvalue weighted by Gasteiger charge is -2.32. The molecule has 6 nitrogen and oxygen atoms in total. The van der Waals surface area contributed by atoms with Crippen LogP contribution in [0.25, 0.3) is 6.08 Å². The van der Waals surface area contributed by atoms with E-state index in [1.54, 1.807) is 6.07 Å². The number of ether oxygens (including phenoxy) is 1. The number of esters is 1. The molecule has 130 valence electrons. The molecule has 0 atom stereocenters. The molecule has 0 unspecified atom stereocenters. The molecule has 1 aromatic rings. The molecule has 0 radical (unpaired) electrons. The maximum absolute atomic E-state index is 14.5. The molecule has 0 N–H and O–H groups in total. The van der Waals surface area contributed by atoms with Gasteiger partial charge < -0.3 is 18.6 Å². The van der Waals surface area contributed by atoms with Crippen LogP contribution in [0.3, 0.4) is 0 Å². The van der Waals surface area contributed by atoms with E-state index in [0.29, 0.717) is 0 Å². The standard InChI is InChI=1S/C16H21BFNO5/c1-15(2)16(3,4)24-17(23-15)12(18)9-11-7-6-8-19(14(11)21)10-13(20)22-5/h6-9H,10H2,1-5H3. The average Bonchev–Trinajstić information content (AvgIpc) is 2.71. The minimum absolute atomic E-state index is 0.0913. The van der Waals surface area contributed by atoms with Gasteiger partial charge in [0.2, 0.25) is 0 Å². The Morgan fingerprint density at radius 1 is 1.33 bits per heavy atom. The van der Waals surface area contributed by atoms with Crippen molar-refractivity contribution < 1.29 is 23.2 Å². The van der Waals surface area contributed by atoms with Crippen molar-refractivity contribution in [3.63, 3.8) is 0 Å². The summed E-state index contributed by atoms with van der Waals surface area (Å²) >= 11 is 0. The van der Waals surface area contributed by atoms with Crippen LogP contribution >= 0.6 is 0 Å². The molecule has 1 fully saturated rings. The van der Waals surface area contributed by atoms with Crippen LogP contribution < -0.4 is 5.56 Å². The van der Waals surface area contributed by atoms with Crippen molar-refractivity contribution in [1.29, 1.82) is 0 Å². The highest BCUT2D eigenvalue weighted by molar-refractivity contribution is 6.54. The smallest absolute Gasteiger partial charge is 0.468 e. The molecule has 2 rings (SSSR count). The lowest BCUT2D eigenvalue weighted by Crippen LogP contribution is -2.41. The quantitative estimate of drug-likeness (QED) is 0.621.